The fraction of sp³-hybridized carbons (Fsp3) is 0. The van der Waals surface area contributed by atoms with Crippen LogP contribution in [0.5, 0.6) is 0 Å². The first-order valence-electron chi connectivity index (χ1n) is 8.64. The summed E-state index contributed by atoms with van der Waals surface area (Å²) < 4.78 is 5.95. The van der Waals surface area contributed by atoms with Gasteiger partial charge in [0.25, 0.3) is 0 Å². The fourth-order valence-electron chi connectivity index (χ4n) is 3.75. The molecule has 4 aromatic carbocycles. The van der Waals surface area contributed by atoms with Gasteiger partial charge in [-0.05, 0) is 0 Å². The number of rotatable bonds is 4. The molecular formula is C24H20Sn. The average Bonchev–Trinajstić information content (AvgIpc) is 2.72. The van der Waals surface area contributed by atoms with Crippen LogP contribution in [0.15, 0.2) is 121 Å². The van der Waals surface area contributed by atoms with Crippen molar-refractivity contribution in [3.05, 3.63) is 121 Å². The summed E-state index contributed by atoms with van der Waals surface area (Å²) in [6.45, 7) is 0. The average molecular weight is 377 g/mol. The van der Waals surface area contributed by atoms with Crippen LogP contribution in [0.25, 0.3) is 0 Å². The Bertz CT molecular complexity index is 753. The van der Waals surface area contributed by atoms with Crippen LogP contribution >= 0.6 is 0 Å². The van der Waals surface area contributed by atoms with Gasteiger partial charge in [0, 0.05) is 0 Å². The molecule has 120 valence electrons. The molecule has 25 heavy (non-hydrogen) atoms. The van der Waals surface area contributed by atoms with Gasteiger partial charge in [-0.2, -0.15) is 0 Å². The number of hydrogen-bond acceptors (Lipinski definition) is 0. The Hall–Kier alpha value is -2.32. The van der Waals surface area contributed by atoms with Gasteiger partial charge in [0.1, 0.15) is 0 Å². The van der Waals surface area contributed by atoms with Crippen molar-refractivity contribution in [2.24, 2.45) is 0 Å². The Kier molecular flexibility index (Phi) is 4.71. The van der Waals surface area contributed by atoms with Gasteiger partial charge in [-0.25, -0.2) is 0 Å². The molecule has 4 aromatic rings. The van der Waals surface area contributed by atoms with Crippen molar-refractivity contribution in [3.63, 3.8) is 0 Å². The summed E-state index contributed by atoms with van der Waals surface area (Å²) in [4.78, 5) is 0. The van der Waals surface area contributed by atoms with Crippen molar-refractivity contribution in [2.75, 3.05) is 0 Å². The quantitative estimate of drug-likeness (QED) is 0.480. The molecule has 0 aliphatic rings. The maximum atomic E-state index is 2.32. The molecule has 0 saturated heterocycles. The van der Waals surface area contributed by atoms with Gasteiger partial charge in [-0.3, -0.25) is 0 Å². The molecule has 0 spiro atoms. The van der Waals surface area contributed by atoms with Gasteiger partial charge >= 0.3 is 154 Å². The van der Waals surface area contributed by atoms with E-state index in [9.17, 15) is 0 Å². The Labute approximate surface area is 153 Å². The zero-order chi connectivity index (χ0) is 17.0. The van der Waals surface area contributed by atoms with E-state index in [1.165, 1.54) is 14.3 Å². The van der Waals surface area contributed by atoms with Gasteiger partial charge in [0.05, 0.1) is 0 Å². The summed E-state index contributed by atoms with van der Waals surface area (Å²) in [7, 11) is 0. The first-order chi connectivity index (χ1) is 12.4. The van der Waals surface area contributed by atoms with E-state index in [1.54, 1.807) is 0 Å². The third kappa shape index (κ3) is 2.91. The first kappa shape index (κ1) is 16.2. The van der Waals surface area contributed by atoms with E-state index in [-0.39, 0.29) is 0 Å². The van der Waals surface area contributed by atoms with Crippen LogP contribution in [0.4, 0.5) is 0 Å². The van der Waals surface area contributed by atoms with E-state index in [0.717, 1.165) is 0 Å². The summed E-state index contributed by atoms with van der Waals surface area (Å²) in [6, 6.07) is 44.4. The molecule has 0 radical (unpaired) electrons. The van der Waals surface area contributed by atoms with Crippen LogP contribution in [0.3, 0.4) is 0 Å². The standard InChI is InChI=1S/4C6H5.Sn/c4*1-2-4-6-5-3-1;/h4*1-5H;/i;;;;1-50. The van der Waals surface area contributed by atoms with Crippen LogP contribution in [0.2, 0.25) is 0 Å². The van der Waals surface area contributed by atoms with Crippen LogP contribution in [0, 0.1) is 0 Å². The van der Waals surface area contributed by atoms with E-state index in [2.05, 4.69) is 121 Å². The SMILES string of the molecule is c1cc[c]([69Sn]([c]2ccccc2)([c]2ccccc2)[c]2ccccc2)cc1. The molecule has 0 N–H and O–H groups in total. The molecule has 0 nitrogen and oxygen atoms in total. The molecule has 0 saturated carbocycles. The zero-order valence-electron chi connectivity index (χ0n) is 14.0. The summed E-state index contributed by atoms with van der Waals surface area (Å²) in [5.74, 6) is 0. The zero-order valence-corrected chi connectivity index (χ0v) is 16.9. The molecule has 0 atom stereocenters. The Morgan fingerprint density at radius 1 is 0.280 bits per heavy atom. The maximum absolute atomic E-state index is 3.31. The second-order valence-electron chi connectivity index (χ2n) is 6.21. The van der Waals surface area contributed by atoms with Crippen LogP contribution < -0.4 is 14.3 Å². The third-order valence-corrected chi connectivity index (χ3v) is 18.5. The van der Waals surface area contributed by atoms with Crippen molar-refractivity contribution < 1.29 is 0 Å². The molecule has 1 heteroatoms. The van der Waals surface area contributed by atoms with Crippen molar-refractivity contribution in [1.29, 1.82) is 0 Å². The molecule has 0 bridgehead atoms. The monoisotopic (exact) mass is 377 g/mol. The summed E-state index contributed by atoms with van der Waals surface area (Å²) >= 11 is -3.31. The van der Waals surface area contributed by atoms with Gasteiger partial charge in [0.2, 0.25) is 0 Å². The second kappa shape index (κ2) is 7.28. The Balaban J connectivity index is 2.13. The molecule has 0 aromatic heterocycles. The Morgan fingerprint density at radius 3 is 0.680 bits per heavy atom. The molecule has 0 heterocycles. The molecular weight excluding hydrogens is 357 g/mol. The second-order valence-corrected chi connectivity index (χ2v) is 17.1. The van der Waals surface area contributed by atoms with E-state index in [0.29, 0.717) is 0 Å². The third-order valence-electron chi connectivity index (χ3n) is 4.83. The molecule has 0 aliphatic heterocycles. The van der Waals surface area contributed by atoms with E-state index >= 15 is 0 Å². The molecule has 0 fully saturated rings. The van der Waals surface area contributed by atoms with Crippen LogP contribution in [0.1, 0.15) is 0 Å². The van der Waals surface area contributed by atoms with Gasteiger partial charge < -0.3 is 0 Å². The molecule has 0 unspecified atom stereocenters. The molecule has 0 aliphatic carbocycles. The Morgan fingerprint density at radius 2 is 0.480 bits per heavy atom. The normalized spacial score (nSPS) is 11.2. The molecule has 4 rings (SSSR count). The predicted octanol–water partition coefficient (Wildman–Crippen LogP) is 3.06. The first-order valence-corrected chi connectivity index (χ1v) is 14.4. The molecule has 0 amide bonds. The van der Waals surface area contributed by atoms with Gasteiger partial charge in [0.15, 0.2) is 0 Å². The topological polar surface area (TPSA) is 0 Å². The van der Waals surface area contributed by atoms with Crippen LogP contribution in [-0.2, 0) is 0 Å². The summed E-state index contributed by atoms with van der Waals surface area (Å²) in [6.07, 6.45) is 0. The fourth-order valence-corrected chi connectivity index (χ4v) is 17.4. The van der Waals surface area contributed by atoms with E-state index < -0.39 is 18.4 Å². The van der Waals surface area contributed by atoms with Crippen molar-refractivity contribution in [1.82, 2.24) is 0 Å². The van der Waals surface area contributed by atoms with Gasteiger partial charge in [-0.1, -0.05) is 0 Å². The minimum atomic E-state index is -3.31. The summed E-state index contributed by atoms with van der Waals surface area (Å²) in [5, 5.41) is 0. The summed E-state index contributed by atoms with van der Waals surface area (Å²) in [5.41, 5.74) is 0. The van der Waals surface area contributed by atoms with Crippen molar-refractivity contribution in [2.45, 2.75) is 0 Å². The number of hydrogen-bond donors (Lipinski definition) is 0. The van der Waals surface area contributed by atoms with Gasteiger partial charge in [-0.15, -0.1) is 0 Å². The van der Waals surface area contributed by atoms with Crippen molar-refractivity contribution >= 4 is 32.7 Å². The van der Waals surface area contributed by atoms with Crippen molar-refractivity contribution in [3.8, 4) is 0 Å². The van der Waals surface area contributed by atoms with Crippen LogP contribution in [-0.4, -0.2) is 18.4 Å². The van der Waals surface area contributed by atoms with E-state index in [4.69, 9.17) is 0 Å². The number of benzene rings is 4. The predicted molar refractivity (Wildman–Crippen MR) is 110 cm³/mol. The van der Waals surface area contributed by atoms with E-state index in [1.807, 2.05) is 0 Å². The minimum absolute atomic E-state index is 1.49.